The van der Waals surface area contributed by atoms with Crippen LogP contribution in [-0.4, -0.2) is 10.9 Å². The third kappa shape index (κ3) is 2.09. The summed E-state index contributed by atoms with van der Waals surface area (Å²) in [6.07, 6.45) is 3.03. The summed E-state index contributed by atoms with van der Waals surface area (Å²) >= 11 is 6.27. The Hall–Kier alpha value is -1.28. The van der Waals surface area contributed by atoms with Crippen molar-refractivity contribution in [3.63, 3.8) is 0 Å². The van der Waals surface area contributed by atoms with Gasteiger partial charge in [-0.05, 0) is 25.5 Å². The summed E-state index contributed by atoms with van der Waals surface area (Å²) in [5.74, 6) is 0. The van der Waals surface area contributed by atoms with Crippen LogP contribution in [0.25, 0.3) is 10.9 Å². The predicted molar refractivity (Wildman–Crippen MR) is 72.0 cm³/mol. The highest BCUT2D eigenvalue weighted by Crippen LogP contribution is 2.29. The molecule has 0 radical (unpaired) electrons. The van der Waals surface area contributed by atoms with Crippen molar-refractivity contribution in [1.29, 1.82) is 0 Å². The molecule has 0 N–H and O–H groups in total. The van der Waals surface area contributed by atoms with E-state index in [1.807, 2.05) is 23.6 Å². The molecule has 3 heteroatoms. The van der Waals surface area contributed by atoms with E-state index in [1.54, 1.807) is 0 Å². The van der Waals surface area contributed by atoms with Gasteiger partial charge in [0.05, 0.1) is 5.56 Å². The number of hydrogen-bond acceptors (Lipinski definition) is 1. The number of rotatable bonds is 4. The molecule has 2 nitrogen and oxygen atoms in total. The zero-order valence-corrected chi connectivity index (χ0v) is 10.9. The Kier molecular flexibility index (Phi) is 3.53. The fourth-order valence-corrected chi connectivity index (χ4v) is 2.43. The molecule has 0 amide bonds. The minimum absolute atomic E-state index is 0.564. The van der Waals surface area contributed by atoms with Crippen molar-refractivity contribution in [3.8, 4) is 0 Å². The van der Waals surface area contributed by atoms with Gasteiger partial charge in [-0.15, -0.1) is 0 Å². The van der Waals surface area contributed by atoms with E-state index < -0.39 is 0 Å². The Morgan fingerprint density at radius 1 is 1.41 bits per heavy atom. The number of unbranched alkanes of at least 4 members (excludes halogenated alkanes) is 1. The number of fused-ring (bicyclic) bond motifs is 1. The quantitative estimate of drug-likeness (QED) is 0.744. The number of aryl methyl sites for hydroxylation is 2. The molecule has 90 valence electrons. The normalized spacial score (nSPS) is 11.0. The lowest BCUT2D eigenvalue weighted by Crippen LogP contribution is -1.97. The first-order chi connectivity index (χ1) is 8.19. The average Bonchev–Trinajstić information content (AvgIpc) is 2.57. The summed E-state index contributed by atoms with van der Waals surface area (Å²) in [7, 11) is 0. The first kappa shape index (κ1) is 12.2. The van der Waals surface area contributed by atoms with E-state index in [2.05, 4.69) is 13.0 Å². The zero-order chi connectivity index (χ0) is 12.4. The highest BCUT2D eigenvalue weighted by molar-refractivity contribution is 6.34. The van der Waals surface area contributed by atoms with Crippen molar-refractivity contribution in [2.75, 3.05) is 0 Å². The molecular formula is C14H16ClNO. The SMILES string of the molecule is CCCCn1c(Cl)c(C=O)c2cc(C)ccc21. The lowest BCUT2D eigenvalue weighted by Gasteiger charge is -2.05. The second-order valence-electron chi connectivity index (χ2n) is 4.35. The van der Waals surface area contributed by atoms with Gasteiger partial charge in [-0.1, -0.05) is 36.6 Å². The van der Waals surface area contributed by atoms with Gasteiger partial charge in [0.1, 0.15) is 5.15 Å². The molecule has 0 saturated heterocycles. The van der Waals surface area contributed by atoms with Crippen LogP contribution in [0.15, 0.2) is 18.2 Å². The summed E-state index contributed by atoms with van der Waals surface area (Å²) in [5.41, 5.74) is 2.81. The van der Waals surface area contributed by atoms with Crippen molar-refractivity contribution >= 4 is 28.8 Å². The lowest BCUT2D eigenvalue weighted by atomic mass is 10.1. The molecule has 0 atom stereocenters. The number of benzene rings is 1. The first-order valence-electron chi connectivity index (χ1n) is 5.92. The molecule has 0 bridgehead atoms. The van der Waals surface area contributed by atoms with Gasteiger partial charge in [0.15, 0.2) is 6.29 Å². The van der Waals surface area contributed by atoms with Crippen molar-refractivity contribution < 1.29 is 4.79 Å². The number of aromatic nitrogens is 1. The molecule has 1 aromatic carbocycles. The molecule has 1 aromatic heterocycles. The minimum Gasteiger partial charge on any atom is -0.331 e. The van der Waals surface area contributed by atoms with Gasteiger partial charge in [-0.25, -0.2) is 0 Å². The number of halogens is 1. The van der Waals surface area contributed by atoms with Gasteiger partial charge < -0.3 is 4.57 Å². The molecule has 0 unspecified atom stereocenters. The summed E-state index contributed by atoms with van der Waals surface area (Å²) in [6.45, 7) is 5.03. The van der Waals surface area contributed by atoms with Gasteiger partial charge in [-0.2, -0.15) is 0 Å². The summed E-state index contributed by atoms with van der Waals surface area (Å²) < 4.78 is 2.03. The van der Waals surface area contributed by atoms with Crippen LogP contribution >= 0.6 is 11.6 Å². The molecule has 0 saturated carbocycles. The molecule has 1 heterocycles. The van der Waals surface area contributed by atoms with Crippen molar-refractivity contribution in [1.82, 2.24) is 4.57 Å². The molecular weight excluding hydrogens is 234 g/mol. The standard InChI is InChI=1S/C14H16ClNO/c1-3-4-7-16-13-6-5-10(2)8-11(13)12(9-17)14(16)15/h5-6,8-9H,3-4,7H2,1-2H3. The molecule has 0 fully saturated rings. The van der Waals surface area contributed by atoms with Crippen LogP contribution in [0.3, 0.4) is 0 Å². The minimum atomic E-state index is 0.564. The maximum absolute atomic E-state index is 11.1. The van der Waals surface area contributed by atoms with Gasteiger partial charge in [0.2, 0.25) is 0 Å². The Bertz CT molecular complexity index is 557. The number of aldehydes is 1. The topological polar surface area (TPSA) is 22.0 Å². The Labute approximate surface area is 106 Å². The molecule has 0 aliphatic rings. The van der Waals surface area contributed by atoms with E-state index in [0.29, 0.717) is 10.7 Å². The Morgan fingerprint density at radius 2 is 2.18 bits per heavy atom. The lowest BCUT2D eigenvalue weighted by molar-refractivity contribution is 0.112. The fraction of sp³-hybridized carbons (Fsp3) is 0.357. The molecule has 0 aliphatic heterocycles. The Morgan fingerprint density at radius 3 is 2.82 bits per heavy atom. The van der Waals surface area contributed by atoms with Gasteiger partial charge in [0.25, 0.3) is 0 Å². The number of carbonyl (C=O) groups excluding carboxylic acids is 1. The monoisotopic (exact) mass is 249 g/mol. The van der Waals surface area contributed by atoms with Crippen LogP contribution in [0.2, 0.25) is 5.15 Å². The molecule has 2 rings (SSSR count). The van der Waals surface area contributed by atoms with Crippen molar-refractivity contribution in [2.24, 2.45) is 0 Å². The van der Waals surface area contributed by atoms with E-state index in [-0.39, 0.29) is 0 Å². The fourth-order valence-electron chi connectivity index (χ4n) is 2.11. The van der Waals surface area contributed by atoms with Crippen LogP contribution in [0, 0.1) is 6.92 Å². The number of hydrogen-bond donors (Lipinski definition) is 0. The third-order valence-electron chi connectivity index (χ3n) is 3.05. The highest BCUT2D eigenvalue weighted by atomic mass is 35.5. The van der Waals surface area contributed by atoms with Gasteiger partial charge in [0, 0.05) is 17.4 Å². The van der Waals surface area contributed by atoms with Crippen molar-refractivity contribution in [2.45, 2.75) is 33.2 Å². The van der Waals surface area contributed by atoms with Crippen LogP contribution in [-0.2, 0) is 6.54 Å². The first-order valence-corrected chi connectivity index (χ1v) is 6.30. The molecule has 2 aromatic rings. The average molecular weight is 250 g/mol. The summed E-state index contributed by atoms with van der Waals surface area (Å²) in [5, 5.41) is 1.52. The second kappa shape index (κ2) is 4.92. The third-order valence-corrected chi connectivity index (χ3v) is 3.45. The van der Waals surface area contributed by atoms with Gasteiger partial charge >= 0.3 is 0 Å². The zero-order valence-electron chi connectivity index (χ0n) is 10.2. The van der Waals surface area contributed by atoms with Crippen LogP contribution in [0.5, 0.6) is 0 Å². The van der Waals surface area contributed by atoms with Crippen LogP contribution in [0.4, 0.5) is 0 Å². The number of nitrogens with zero attached hydrogens (tertiary/aromatic N) is 1. The van der Waals surface area contributed by atoms with E-state index >= 15 is 0 Å². The smallest absolute Gasteiger partial charge is 0.153 e. The van der Waals surface area contributed by atoms with Crippen LogP contribution in [0.1, 0.15) is 35.7 Å². The summed E-state index contributed by atoms with van der Waals surface area (Å²) in [6, 6.07) is 6.11. The van der Waals surface area contributed by atoms with Crippen molar-refractivity contribution in [3.05, 3.63) is 34.5 Å². The Balaban J connectivity index is 2.66. The van der Waals surface area contributed by atoms with Gasteiger partial charge in [-0.3, -0.25) is 4.79 Å². The predicted octanol–water partition coefficient (Wildman–Crippen LogP) is 4.22. The number of carbonyl (C=O) groups is 1. The van der Waals surface area contributed by atoms with E-state index in [1.165, 1.54) is 0 Å². The summed E-state index contributed by atoms with van der Waals surface area (Å²) in [4.78, 5) is 11.1. The molecule has 17 heavy (non-hydrogen) atoms. The van der Waals surface area contributed by atoms with Crippen LogP contribution < -0.4 is 0 Å². The maximum Gasteiger partial charge on any atom is 0.153 e. The maximum atomic E-state index is 11.1. The highest BCUT2D eigenvalue weighted by Gasteiger charge is 2.14. The van der Waals surface area contributed by atoms with E-state index in [4.69, 9.17) is 11.6 Å². The largest absolute Gasteiger partial charge is 0.331 e. The second-order valence-corrected chi connectivity index (χ2v) is 4.71. The van der Waals surface area contributed by atoms with E-state index in [9.17, 15) is 4.79 Å². The molecule has 0 aliphatic carbocycles. The molecule has 0 spiro atoms. The van der Waals surface area contributed by atoms with E-state index in [0.717, 1.165) is 42.1 Å².